The number of carbonyl (C=O) groups is 1. The lowest BCUT2D eigenvalue weighted by molar-refractivity contribution is -0.130. The van der Waals surface area contributed by atoms with Crippen LogP contribution in [0.4, 0.5) is 0 Å². The Hall–Kier alpha value is -2.63. The zero-order chi connectivity index (χ0) is 24.8. The number of pyridine rings is 2. The summed E-state index contributed by atoms with van der Waals surface area (Å²) in [4.78, 5) is 25.2. The number of piperidine rings is 1. The molecule has 0 bridgehead atoms. The zero-order valence-corrected chi connectivity index (χ0v) is 22.3. The molecule has 1 aliphatic heterocycles. The Kier molecular flexibility index (Phi) is 8.64. The maximum atomic E-state index is 12.9. The van der Waals surface area contributed by atoms with Gasteiger partial charge < -0.3 is 4.90 Å². The normalized spacial score (nSPS) is 14.9. The van der Waals surface area contributed by atoms with Gasteiger partial charge in [0.25, 0.3) is 0 Å². The number of aryl methyl sites for hydroxylation is 1. The number of amides is 1. The van der Waals surface area contributed by atoms with Crippen LogP contribution in [0.1, 0.15) is 54.6 Å². The molecule has 0 radical (unpaired) electrons. The van der Waals surface area contributed by atoms with Crippen molar-refractivity contribution in [2.24, 2.45) is 0 Å². The molecule has 0 saturated carbocycles. The number of nitrogens with zero attached hydrogens (tertiary/aromatic N) is 3. The summed E-state index contributed by atoms with van der Waals surface area (Å²) in [6, 6.07) is 12.2. The van der Waals surface area contributed by atoms with Gasteiger partial charge >= 0.3 is 0 Å². The summed E-state index contributed by atoms with van der Waals surface area (Å²) in [6.45, 7) is 5.47. The van der Waals surface area contributed by atoms with Crippen molar-refractivity contribution in [2.45, 2.75) is 50.8 Å². The van der Waals surface area contributed by atoms with E-state index in [0.717, 1.165) is 55.1 Å². The third kappa shape index (κ3) is 5.62. The van der Waals surface area contributed by atoms with Crippen LogP contribution in [0, 0.1) is 0 Å². The summed E-state index contributed by atoms with van der Waals surface area (Å²) >= 11 is 8.15. The monoisotopic (exact) mass is 505 g/mol. The molecular weight excluding hydrogens is 474 g/mol. The fourth-order valence-electron chi connectivity index (χ4n) is 4.95. The average Bonchev–Trinajstić information content (AvgIpc) is 3.07. The van der Waals surface area contributed by atoms with Crippen molar-refractivity contribution in [3.63, 3.8) is 0 Å². The van der Waals surface area contributed by atoms with Gasteiger partial charge in [-0.3, -0.25) is 14.8 Å². The van der Waals surface area contributed by atoms with Gasteiger partial charge in [-0.2, -0.15) is 0 Å². The van der Waals surface area contributed by atoms with E-state index in [-0.39, 0.29) is 5.91 Å². The van der Waals surface area contributed by atoms with Gasteiger partial charge in [0, 0.05) is 47.2 Å². The summed E-state index contributed by atoms with van der Waals surface area (Å²) < 4.78 is 0. The molecule has 0 unspecified atom stereocenters. The van der Waals surface area contributed by atoms with Crippen molar-refractivity contribution in [2.75, 3.05) is 19.3 Å². The van der Waals surface area contributed by atoms with Crippen LogP contribution in [0.2, 0.25) is 5.02 Å². The Morgan fingerprint density at radius 1 is 1.06 bits per heavy atom. The van der Waals surface area contributed by atoms with E-state index < -0.39 is 0 Å². The van der Waals surface area contributed by atoms with Crippen molar-refractivity contribution < 1.29 is 4.79 Å². The Balaban J connectivity index is 0.00000141. The number of halogens is 1. The summed E-state index contributed by atoms with van der Waals surface area (Å²) in [7, 11) is 0. The molecule has 1 aliphatic carbocycles. The molecule has 3 heterocycles. The third-order valence-electron chi connectivity index (χ3n) is 6.60. The maximum Gasteiger partial charge on any atom is 0.227 e. The number of thioether (sulfide) groups is 1. The predicted octanol–water partition coefficient (Wildman–Crippen LogP) is 6.64. The van der Waals surface area contributed by atoms with Crippen LogP contribution >= 0.6 is 23.4 Å². The Bertz CT molecular complexity index is 1220. The SMILES string of the molecule is CC.CSc1ccnc2c1CCc1cc(Cl)ccc1C2=C1CCN(C(=O)Cc2cccnc2)CC1. The highest BCUT2D eigenvalue weighted by atomic mass is 35.5. The largest absolute Gasteiger partial charge is 0.342 e. The minimum Gasteiger partial charge on any atom is -0.342 e. The van der Waals surface area contributed by atoms with Crippen molar-refractivity contribution in [3.8, 4) is 0 Å². The standard InChI is InChI=1S/C27H26ClN3OS.C2H6/c1-33-24-8-12-30-27-23(24)6-4-20-16-21(28)5-7-22(20)26(27)19-9-13-31(14-10-19)25(32)15-18-3-2-11-29-17-18;1-2/h2-3,5,7-8,11-12,16-17H,4,6,9-10,13-15H2,1H3;1-2H3. The van der Waals surface area contributed by atoms with Gasteiger partial charge in [-0.25, -0.2) is 0 Å². The van der Waals surface area contributed by atoms with Crippen molar-refractivity contribution in [1.29, 1.82) is 0 Å². The number of aromatic nitrogens is 2. The highest BCUT2D eigenvalue weighted by Crippen LogP contribution is 2.40. The smallest absolute Gasteiger partial charge is 0.227 e. The molecule has 1 fully saturated rings. The molecule has 5 rings (SSSR count). The first-order chi connectivity index (χ1) is 17.1. The van der Waals surface area contributed by atoms with E-state index in [2.05, 4.69) is 29.4 Å². The van der Waals surface area contributed by atoms with Crippen LogP contribution in [-0.2, 0) is 24.1 Å². The topological polar surface area (TPSA) is 46.1 Å². The van der Waals surface area contributed by atoms with Gasteiger partial charge in [0.1, 0.15) is 0 Å². The summed E-state index contributed by atoms with van der Waals surface area (Å²) in [6.07, 6.45) is 11.6. The molecule has 4 nitrogen and oxygen atoms in total. The van der Waals surface area contributed by atoms with E-state index in [1.54, 1.807) is 24.2 Å². The summed E-state index contributed by atoms with van der Waals surface area (Å²) in [5, 5.41) is 0.776. The van der Waals surface area contributed by atoms with Gasteiger partial charge in [-0.05, 0) is 78.5 Å². The molecule has 1 saturated heterocycles. The number of benzene rings is 1. The Morgan fingerprint density at radius 3 is 2.57 bits per heavy atom. The Labute approximate surface area is 217 Å². The van der Waals surface area contributed by atoms with Gasteiger partial charge in [-0.1, -0.05) is 43.2 Å². The second kappa shape index (κ2) is 11.9. The minimum absolute atomic E-state index is 0.170. The first-order valence-corrected chi connectivity index (χ1v) is 13.9. The lowest BCUT2D eigenvalue weighted by Crippen LogP contribution is -2.37. The van der Waals surface area contributed by atoms with Crippen LogP contribution in [0.15, 0.2) is 65.5 Å². The van der Waals surface area contributed by atoms with E-state index in [1.165, 1.54) is 32.7 Å². The lowest BCUT2D eigenvalue weighted by atomic mass is 9.88. The third-order valence-corrected chi connectivity index (χ3v) is 7.66. The lowest BCUT2D eigenvalue weighted by Gasteiger charge is -2.30. The fourth-order valence-corrected chi connectivity index (χ4v) is 5.78. The predicted molar refractivity (Wildman–Crippen MR) is 146 cm³/mol. The molecule has 2 aliphatic rings. The molecule has 35 heavy (non-hydrogen) atoms. The zero-order valence-electron chi connectivity index (χ0n) is 20.7. The summed E-state index contributed by atoms with van der Waals surface area (Å²) in [5.41, 5.74) is 8.56. The van der Waals surface area contributed by atoms with Gasteiger partial charge in [-0.15, -0.1) is 11.8 Å². The number of hydrogen-bond donors (Lipinski definition) is 0. The number of hydrogen-bond acceptors (Lipinski definition) is 4. The first-order valence-electron chi connectivity index (χ1n) is 12.3. The number of rotatable bonds is 3. The van der Waals surface area contributed by atoms with E-state index in [0.29, 0.717) is 6.42 Å². The van der Waals surface area contributed by atoms with Crippen LogP contribution in [0.3, 0.4) is 0 Å². The molecule has 1 aromatic carbocycles. The van der Waals surface area contributed by atoms with Gasteiger partial charge in [0.15, 0.2) is 0 Å². The van der Waals surface area contributed by atoms with Gasteiger partial charge in [0.05, 0.1) is 12.1 Å². The number of fused-ring (bicyclic) bond motifs is 2. The Morgan fingerprint density at radius 2 is 1.86 bits per heavy atom. The maximum absolute atomic E-state index is 12.9. The molecule has 6 heteroatoms. The summed E-state index contributed by atoms with van der Waals surface area (Å²) in [5.74, 6) is 0.170. The fraction of sp³-hybridized carbons (Fsp3) is 0.345. The molecule has 1 amide bonds. The molecular formula is C29H32ClN3OS. The highest BCUT2D eigenvalue weighted by Gasteiger charge is 2.27. The quantitative estimate of drug-likeness (QED) is 0.374. The molecule has 3 aromatic rings. The molecule has 0 N–H and O–H groups in total. The van der Waals surface area contributed by atoms with E-state index in [9.17, 15) is 4.79 Å². The second-order valence-electron chi connectivity index (χ2n) is 8.54. The van der Waals surface area contributed by atoms with E-state index >= 15 is 0 Å². The van der Waals surface area contributed by atoms with E-state index in [4.69, 9.17) is 16.6 Å². The number of likely N-dealkylation sites (tertiary alicyclic amines) is 1. The second-order valence-corrected chi connectivity index (χ2v) is 9.82. The van der Waals surface area contributed by atoms with Crippen LogP contribution in [0.5, 0.6) is 0 Å². The van der Waals surface area contributed by atoms with Crippen molar-refractivity contribution >= 4 is 34.8 Å². The molecule has 0 atom stereocenters. The molecule has 2 aromatic heterocycles. The van der Waals surface area contributed by atoms with E-state index in [1.807, 2.05) is 43.1 Å². The molecule has 0 spiro atoms. The average molecular weight is 506 g/mol. The van der Waals surface area contributed by atoms with Crippen LogP contribution < -0.4 is 0 Å². The van der Waals surface area contributed by atoms with Crippen molar-refractivity contribution in [3.05, 3.63) is 93.5 Å². The molecule has 182 valence electrons. The first kappa shape index (κ1) is 25.5. The van der Waals surface area contributed by atoms with Crippen molar-refractivity contribution in [1.82, 2.24) is 14.9 Å². The highest BCUT2D eigenvalue weighted by molar-refractivity contribution is 7.98. The van der Waals surface area contributed by atoms with Gasteiger partial charge in [0.2, 0.25) is 5.91 Å². The number of carbonyl (C=O) groups excluding carboxylic acids is 1. The van der Waals surface area contributed by atoms with Crippen LogP contribution in [0.25, 0.3) is 5.57 Å². The van der Waals surface area contributed by atoms with Crippen LogP contribution in [-0.4, -0.2) is 40.1 Å². The minimum atomic E-state index is 0.170.